The third-order valence-corrected chi connectivity index (χ3v) is 6.73. The Morgan fingerprint density at radius 1 is 1.26 bits per heavy atom. The third kappa shape index (κ3) is 3.59. The van der Waals surface area contributed by atoms with Crippen molar-refractivity contribution in [3.8, 4) is 17.0 Å². The van der Waals surface area contributed by atoms with Crippen LogP contribution in [0.5, 0.6) is 5.75 Å². The maximum atomic E-state index is 13.7. The van der Waals surface area contributed by atoms with Crippen LogP contribution in [0.2, 0.25) is 0 Å². The minimum Gasteiger partial charge on any atom is -0.497 e. The SMILES string of the molecule is COc1ccc(-c2cn3c(CC(=O)N4c5ccc(F)cc5CC[C@@H]4C)csc3n2)cc1. The van der Waals surface area contributed by atoms with Gasteiger partial charge in [0, 0.05) is 34.6 Å². The lowest BCUT2D eigenvalue weighted by Gasteiger charge is -2.35. The molecule has 0 saturated carbocycles. The molecule has 5 rings (SSSR count). The first-order valence-corrected chi connectivity index (χ1v) is 11.1. The van der Waals surface area contributed by atoms with E-state index in [1.165, 1.54) is 17.4 Å². The molecule has 1 amide bonds. The van der Waals surface area contributed by atoms with Crippen LogP contribution in [0.25, 0.3) is 16.2 Å². The van der Waals surface area contributed by atoms with E-state index in [9.17, 15) is 9.18 Å². The number of fused-ring (bicyclic) bond motifs is 2. The van der Waals surface area contributed by atoms with Crippen molar-refractivity contribution in [1.29, 1.82) is 0 Å². The molecule has 2 aromatic carbocycles. The molecule has 3 heterocycles. The first kappa shape index (κ1) is 19.8. The summed E-state index contributed by atoms with van der Waals surface area (Å²) in [5.41, 5.74) is 4.47. The number of aromatic nitrogens is 2. The first-order valence-electron chi connectivity index (χ1n) is 10.2. The molecule has 31 heavy (non-hydrogen) atoms. The van der Waals surface area contributed by atoms with Crippen LogP contribution >= 0.6 is 11.3 Å². The van der Waals surface area contributed by atoms with Gasteiger partial charge in [-0.1, -0.05) is 0 Å². The molecule has 4 aromatic rings. The molecule has 0 bridgehead atoms. The Balaban J connectivity index is 1.43. The van der Waals surface area contributed by atoms with Crippen molar-refractivity contribution < 1.29 is 13.9 Å². The molecule has 5 nitrogen and oxygen atoms in total. The molecule has 158 valence electrons. The number of anilines is 1. The summed E-state index contributed by atoms with van der Waals surface area (Å²) in [4.78, 5) is 20.7. The molecule has 2 aromatic heterocycles. The average Bonchev–Trinajstić information content (AvgIpc) is 3.36. The molecule has 0 saturated heterocycles. The number of methoxy groups -OCH3 is 1. The number of aryl methyl sites for hydroxylation is 1. The van der Waals surface area contributed by atoms with Gasteiger partial charge in [0.2, 0.25) is 5.91 Å². The number of carbonyl (C=O) groups excluding carboxylic acids is 1. The Morgan fingerprint density at radius 3 is 2.84 bits per heavy atom. The second-order valence-electron chi connectivity index (χ2n) is 7.84. The number of ether oxygens (including phenoxy) is 1. The lowest BCUT2D eigenvalue weighted by Crippen LogP contribution is -2.43. The van der Waals surface area contributed by atoms with Crippen LogP contribution in [0.3, 0.4) is 0 Å². The van der Waals surface area contributed by atoms with Gasteiger partial charge in [-0.2, -0.15) is 0 Å². The summed E-state index contributed by atoms with van der Waals surface area (Å²) in [6, 6.07) is 12.5. The van der Waals surface area contributed by atoms with Crippen molar-refractivity contribution in [2.75, 3.05) is 12.0 Å². The van der Waals surface area contributed by atoms with E-state index in [0.717, 1.165) is 51.8 Å². The third-order valence-electron chi connectivity index (χ3n) is 5.84. The van der Waals surface area contributed by atoms with E-state index in [1.807, 2.05) is 52.1 Å². The fourth-order valence-electron chi connectivity index (χ4n) is 4.20. The fraction of sp³-hybridized carbons (Fsp3) is 0.250. The lowest BCUT2D eigenvalue weighted by atomic mass is 9.96. The summed E-state index contributed by atoms with van der Waals surface area (Å²) in [5, 5.41) is 1.98. The maximum Gasteiger partial charge on any atom is 0.233 e. The topological polar surface area (TPSA) is 46.8 Å². The van der Waals surface area contributed by atoms with Crippen LogP contribution in [0.15, 0.2) is 54.0 Å². The molecule has 0 N–H and O–H groups in total. The highest BCUT2D eigenvalue weighted by Gasteiger charge is 2.29. The summed E-state index contributed by atoms with van der Waals surface area (Å²) in [6.45, 7) is 2.05. The van der Waals surface area contributed by atoms with Crippen molar-refractivity contribution in [2.45, 2.75) is 32.2 Å². The average molecular weight is 436 g/mol. The Kier molecular flexibility index (Phi) is 4.98. The van der Waals surface area contributed by atoms with Gasteiger partial charge >= 0.3 is 0 Å². The van der Waals surface area contributed by atoms with Crippen LogP contribution in [0, 0.1) is 5.82 Å². The van der Waals surface area contributed by atoms with E-state index < -0.39 is 0 Å². The van der Waals surface area contributed by atoms with Crippen LogP contribution in [-0.2, 0) is 17.6 Å². The van der Waals surface area contributed by atoms with Crippen LogP contribution in [-0.4, -0.2) is 28.4 Å². The van der Waals surface area contributed by atoms with Gasteiger partial charge in [-0.25, -0.2) is 9.37 Å². The second kappa shape index (κ2) is 7.81. The van der Waals surface area contributed by atoms with Gasteiger partial charge in [-0.05, 0) is 67.8 Å². The molecule has 1 aliphatic rings. The monoisotopic (exact) mass is 435 g/mol. The van der Waals surface area contributed by atoms with E-state index in [2.05, 4.69) is 0 Å². The van der Waals surface area contributed by atoms with Crippen molar-refractivity contribution in [3.05, 3.63) is 71.1 Å². The number of hydrogen-bond donors (Lipinski definition) is 0. The van der Waals surface area contributed by atoms with Crippen molar-refractivity contribution in [3.63, 3.8) is 0 Å². The molecule has 1 aliphatic heterocycles. The van der Waals surface area contributed by atoms with E-state index >= 15 is 0 Å². The largest absolute Gasteiger partial charge is 0.497 e. The molecule has 1 atom stereocenters. The number of halogens is 1. The maximum absolute atomic E-state index is 13.7. The van der Waals surface area contributed by atoms with E-state index in [1.54, 1.807) is 19.2 Å². The number of imidazole rings is 1. The minimum atomic E-state index is -0.260. The molecule has 0 spiro atoms. The van der Waals surface area contributed by atoms with Gasteiger partial charge in [0.1, 0.15) is 11.6 Å². The molecule has 7 heteroatoms. The molecular formula is C24H22FN3O2S. The molecule has 0 aliphatic carbocycles. The number of thiazole rings is 1. The van der Waals surface area contributed by atoms with Crippen LogP contribution in [0.4, 0.5) is 10.1 Å². The van der Waals surface area contributed by atoms with Gasteiger partial charge in [-0.15, -0.1) is 11.3 Å². The number of rotatable bonds is 4. The Morgan fingerprint density at radius 2 is 2.06 bits per heavy atom. The Labute approximate surface area is 183 Å². The van der Waals surface area contributed by atoms with Gasteiger partial charge in [0.05, 0.1) is 19.2 Å². The van der Waals surface area contributed by atoms with Crippen molar-refractivity contribution in [2.24, 2.45) is 0 Å². The van der Waals surface area contributed by atoms with E-state index in [-0.39, 0.29) is 24.2 Å². The predicted molar refractivity (Wildman–Crippen MR) is 120 cm³/mol. The van der Waals surface area contributed by atoms with Crippen molar-refractivity contribution in [1.82, 2.24) is 9.38 Å². The zero-order valence-corrected chi connectivity index (χ0v) is 18.2. The van der Waals surface area contributed by atoms with Gasteiger partial charge in [-0.3, -0.25) is 9.20 Å². The number of carbonyl (C=O) groups is 1. The highest BCUT2D eigenvalue weighted by molar-refractivity contribution is 7.15. The normalized spacial score (nSPS) is 15.8. The smallest absolute Gasteiger partial charge is 0.233 e. The first-order chi connectivity index (χ1) is 15.0. The van der Waals surface area contributed by atoms with E-state index in [0.29, 0.717) is 0 Å². The summed E-state index contributed by atoms with van der Waals surface area (Å²) < 4.78 is 20.9. The second-order valence-corrected chi connectivity index (χ2v) is 8.67. The number of hydrogen-bond acceptors (Lipinski definition) is 4. The molecule has 0 unspecified atom stereocenters. The summed E-state index contributed by atoms with van der Waals surface area (Å²) >= 11 is 1.52. The van der Waals surface area contributed by atoms with Crippen molar-refractivity contribution >= 4 is 27.9 Å². The Hall–Kier alpha value is -3.19. The highest BCUT2D eigenvalue weighted by atomic mass is 32.1. The minimum absolute atomic E-state index is 0.0134. The predicted octanol–water partition coefficient (Wildman–Crippen LogP) is 5.12. The molecule has 0 fully saturated rings. The molecular weight excluding hydrogens is 413 g/mol. The van der Waals surface area contributed by atoms with Gasteiger partial charge in [0.15, 0.2) is 4.96 Å². The van der Waals surface area contributed by atoms with Gasteiger partial charge < -0.3 is 9.64 Å². The zero-order chi connectivity index (χ0) is 21.5. The van der Waals surface area contributed by atoms with Crippen LogP contribution in [0.1, 0.15) is 24.6 Å². The Bertz CT molecular complexity index is 1260. The fourth-order valence-corrected chi connectivity index (χ4v) is 5.07. The highest BCUT2D eigenvalue weighted by Crippen LogP contribution is 2.32. The standard InChI is InChI=1S/C24H22FN3O2S/c1-15-3-4-17-11-18(25)7-10-22(17)28(15)23(29)12-19-14-31-24-26-21(13-27(19)24)16-5-8-20(30-2)9-6-16/h5-11,13-15H,3-4,12H2,1-2H3/t15-/m0/s1. The quantitative estimate of drug-likeness (QED) is 0.447. The summed E-state index contributed by atoms with van der Waals surface area (Å²) in [7, 11) is 1.64. The lowest BCUT2D eigenvalue weighted by molar-refractivity contribution is -0.118. The molecule has 0 radical (unpaired) electrons. The van der Waals surface area contributed by atoms with E-state index in [4.69, 9.17) is 9.72 Å². The number of nitrogens with zero attached hydrogens (tertiary/aromatic N) is 3. The van der Waals surface area contributed by atoms with Crippen LogP contribution < -0.4 is 9.64 Å². The number of benzene rings is 2. The number of amides is 1. The zero-order valence-electron chi connectivity index (χ0n) is 17.3. The summed E-state index contributed by atoms with van der Waals surface area (Å²) in [5.74, 6) is 0.552. The van der Waals surface area contributed by atoms with Gasteiger partial charge in [0.25, 0.3) is 0 Å². The summed E-state index contributed by atoms with van der Waals surface area (Å²) in [6.07, 6.45) is 3.85.